The van der Waals surface area contributed by atoms with Crippen molar-refractivity contribution in [2.45, 2.75) is 32.7 Å². The van der Waals surface area contributed by atoms with Crippen molar-refractivity contribution in [3.8, 4) is 0 Å². The molecule has 0 spiro atoms. The number of aromatic amines is 1. The Bertz CT molecular complexity index is 789. The van der Waals surface area contributed by atoms with Crippen LogP contribution in [0.25, 0.3) is 5.65 Å². The molecular formula is C18H27N5O3. The maximum absolute atomic E-state index is 12.7. The standard InChI is InChI=1S/C18H27N5O3/c1-3-13(4-2)15(22-8-10-26-11-9-22)12-19-17(24)14-6-5-7-23-16(14)20-21-18(23)25/h5-7,13,15H,3-4,8-12H2,1-2H3,(H,19,24)(H,21,25)/t15-/m1/s1. The molecule has 3 rings (SSSR count). The van der Waals surface area contributed by atoms with Crippen molar-refractivity contribution in [1.82, 2.24) is 24.8 Å². The number of nitrogens with zero attached hydrogens (tertiary/aromatic N) is 3. The summed E-state index contributed by atoms with van der Waals surface area (Å²) >= 11 is 0. The number of aromatic nitrogens is 3. The summed E-state index contributed by atoms with van der Waals surface area (Å²) in [5.74, 6) is 0.302. The van der Waals surface area contributed by atoms with Gasteiger partial charge in [0.1, 0.15) is 0 Å². The van der Waals surface area contributed by atoms with Gasteiger partial charge >= 0.3 is 5.69 Å². The Morgan fingerprint density at radius 3 is 2.77 bits per heavy atom. The van der Waals surface area contributed by atoms with Crippen LogP contribution in [0.5, 0.6) is 0 Å². The number of pyridine rings is 1. The largest absolute Gasteiger partial charge is 0.379 e. The third-order valence-electron chi connectivity index (χ3n) is 5.27. The Morgan fingerprint density at radius 2 is 2.08 bits per heavy atom. The molecule has 1 amide bonds. The van der Waals surface area contributed by atoms with E-state index < -0.39 is 0 Å². The van der Waals surface area contributed by atoms with E-state index in [2.05, 4.69) is 34.3 Å². The summed E-state index contributed by atoms with van der Waals surface area (Å²) in [5, 5.41) is 9.40. The highest BCUT2D eigenvalue weighted by Crippen LogP contribution is 2.20. The van der Waals surface area contributed by atoms with E-state index in [0.29, 0.717) is 23.7 Å². The smallest absolute Gasteiger partial charge is 0.347 e. The van der Waals surface area contributed by atoms with Gasteiger partial charge in [0, 0.05) is 31.9 Å². The Labute approximate surface area is 152 Å². The zero-order chi connectivity index (χ0) is 18.5. The molecule has 1 saturated heterocycles. The van der Waals surface area contributed by atoms with Gasteiger partial charge in [-0.2, -0.15) is 5.10 Å². The molecule has 2 aromatic heterocycles. The summed E-state index contributed by atoms with van der Waals surface area (Å²) in [6, 6.07) is 3.64. The molecule has 26 heavy (non-hydrogen) atoms. The molecule has 0 aliphatic carbocycles. The normalized spacial score (nSPS) is 16.9. The van der Waals surface area contributed by atoms with E-state index in [4.69, 9.17) is 4.74 Å². The third-order valence-corrected chi connectivity index (χ3v) is 5.27. The number of amides is 1. The monoisotopic (exact) mass is 361 g/mol. The van der Waals surface area contributed by atoms with Crippen molar-refractivity contribution < 1.29 is 9.53 Å². The summed E-state index contributed by atoms with van der Waals surface area (Å²) in [6.07, 6.45) is 3.73. The van der Waals surface area contributed by atoms with Crippen molar-refractivity contribution >= 4 is 11.6 Å². The molecule has 0 radical (unpaired) electrons. The number of hydrogen-bond donors (Lipinski definition) is 2. The lowest BCUT2D eigenvalue weighted by Gasteiger charge is -2.38. The molecule has 8 heteroatoms. The highest BCUT2D eigenvalue weighted by molar-refractivity contribution is 5.99. The maximum atomic E-state index is 12.7. The second-order valence-electron chi connectivity index (χ2n) is 6.65. The first-order valence-electron chi connectivity index (χ1n) is 9.31. The Balaban J connectivity index is 1.74. The van der Waals surface area contributed by atoms with Crippen LogP contribution < -0.4 is 11.0 Å². The van der Waals surface area contributed by atoms with E-state index in [-0.39, 0.29) is 17.6 Å². The first-order chi connectivity index (χ1) is 12.7. The maximum Gasteiger partial charge on any atom is 0.347 e. The van der Waals surface area contributed by atoms with Crippen LogP contribution in [-0.2, 0) is 4.74 Å². The Kier molecular flexibility index (Phi) is 6.05. The molecule has 1 aliphatic rings. The van der Waals surface area contributed by atoms with Gasteiger partial charge in [0.15, 0.2) is 5.65 Å². The molecule has 0 aromatic carbocycles. The Hall–Kier alpha value is -2.19. The average molecular weight is 361 g/mol. The number of H-pyrrole nitrogens is 1. The molecule has 2 N–H and O–H groups in total. The van der Waals surface area contributed by atoms with Crippen molar-refractivity contribution in [2.75, 3.05) is 32.8 Å². The first-order valence-corrected chi connectivity index (χ1v) is 9.31. The zero-order valence-electron chi connectivity index (χ0n) is 15.4. The molecule has 0 saturated carbocycles. The summed E-state index contributed by atoms with van der Waals surface area (Å²) < 4.78 is 6.81. The molecule has 0 unspecified atom stereocenters. The van der Waals surface area contributed by atoms with Gasteiger partial charge in [-0.1, -0.05) is 26.7 Å². The molecule has 2 aromatic rings. The van der Waals surface area contributed by atoms with E-state index in [0.717, 1.165) is 39.1 Å². The highest BCUT2D eigenvalue weighted by Gasteiger charge is 2.27. The molecule has 1 atom stereocenters. The Morgan fingerprint density at radius 1 is 1.35 bits per heavy atom. The SMILES string of the molecule is CCC(CC)[C@@H](CNC(=O)c1cccn2c(=O)[nH]nc12)N1CCOCC1. The van der Waals surface area contributed by atoms with Crippen molar-refractivity contribution in [1.29, 1.82) is 0 Å². The molecule has 142 valence electrons. The van der Waals surface area contributed by atoms with Gasteiger partial charge < -0.3 is 10.1 Å². The minimum absolute atomic E-state index is 0.209. The van der Waals surface area contributed by atoms with Crippen molar-refractivity contribution in [2.24, 2.45) is 5.92 Å². The summed E-state index contributed by atoms with van der Waals surface area (Å²) in [5.41, 5.74) is 0.398. The lowest BCUT2D eigenvalue weighted by molar-refractivity contribution is 0.00191. The van der Waals surface area contributed by atoms with Crippen LogP contribution in [0, 0.1) is 5.92 Å². The third kappa shape index (κ3) is 3.81. The fraction of sp³-hybridized carbons (Fsp3) is 0.611. The van der Waals surface area contributed by atoms with E-state index >= 15 is 0 Å². The molecule has 3 heterocycles. The van der Waals surface area contributed by atoms with Gasteiger partial charge in [-0.05, 0) is 18.1 Å². The van der Waals surface area contributed by atoms with Crippen LogP contribution in [0.4, 0.5) is 0 Å². The van der Waals surface area contributed by atoms with E-state index in [1.807, 2.05) is 0 Å². The van der Waals surface area contributed by atoms with Gasteiger partial charge in [-0.15, -0.1) is 0 Å². The van der Waals surface area contributed by atoms with Crippen LogP contribution in [0.2, 0.25) is 0 Å². The molecular weight excluding hydrogens is 334 g/mol. The zero-order valence-corrected chi connectivity index (χ0v) is 15.4. The fourth-order valence-electron chi connectivity index (χ4n) is 3.74. The van der Waals surface area contributed by atoms with E-state index in [9.17, 15) is 9.59 Å². The number of ether oxygens (including phenoxy) is 1. The summed E-state index contributed by atoms with van der Waals surface area (Å²) in [4.78, 5) is 26.8. The number of hydrogen-bond acceptors (Lipinski definition) is 5. The van der Waals surface area contributed by atoms with Crippen LogP contribution in [-0.4, -0.2) is 64.3 Å². The van der Waals surface area contributed by atoms with Crippen molar-refractivity contribution in [3.63, 3.8) is 0 Å². The van der Waals surface area contributed by atoms with E-state index in [1.165, 1.54) is 4.40 Å². The topological polar surface area (TPSA) is 91.7 Å². The first kappa shape index (κ1) is 18.6. The number of fused-ring (bicyclic) bond motifs is 1. The lowest BCUT2D eigenvalue weighted by Crippen LogP contribution is -2.52. The van der Waals surface area contributed by atoms with Gasteiger partial charge in [-0.25, -0.2) is 14.3 Å². The number of carbonyl (C=O) groups excluding carboxylic acids is 1. The number of nitrogens with one attached hydrogen (secondary N) is 2. The average Bonchev–Trinajstić information content (AvgIpc) is 3.07. The minimum atomic E-state index is -0.349. The summed E-state index contributed by atoms with van der Waals surface area (Å²) in [7, 11) is 0. The van der Waals surface area contributed by atoms with Crippen LogP contribution in [0.15, 0.2) is 23.1 Å². The van der Waals surface area contributed by atoms with Crippen LogP contribution in [0.3, 0.4) is 0 Å². The number of carbonyl (C=O) groups is 1. The van der Waals surface area contributed by atoms with Gasteiger partial charge in [0.2, 0.25) is 0 Å². The quantitative estimate of drug-likeness (QED) is 0.764. The second-order valence-corrected chi connectivity index (χ2v) is 6.65. The second kappa shape index (κ2) is 8.46. The molecule has 1 fully saturated rings. The predicted octanol–water partition coefficient (Wildman–Crippen LogP) is 0.889. The van der Waals surface area contributed by atoms with Crippen LogP contribution >= 0.6 is 0 Å². The predicted molar refractivity (Wildman–Crippen MR) is 98.4 cm³/mol. The highest BCUT2D eigenvalue weighted by atomic mass is 16.5. The number of rotatable bonds is 7. The fourth-order valence-corrected chi connectivity index (χ4v) is 3.74. The van der Waals surface area contributed by atoms with Gasteiger partial charge in [-0.3, -0.25) is 9.69 Å². The van der Waals surface area contributed by atoms with E-state index in [1.54, 1.807) is 18.3 Å². The van der Waals surface area contributed by atoms with Gasteiger partial charge in [0.05, 0.1) is 18.8 Å². The lowest BCUT2D eigenvalue weighted by atomic mass is 9.92. The van der Waals surface area contributed by atoms with Crippen LogP contribution in [0.1, 0.15) is 37.0 Å². The van der Waals surface area contributed by atoms with Crippen molar-refractivity contribution in [3.05, 3.63) is 34.4 Å². The summed E-state index contributed by atoms with van der Waals surface area (Å²) in [6.45, 7) is 8.21. The van der Waals surface area contributed by atoms with Gasteiger partial charge in [0.25, 0.3) is 5.91 Å². The minimum Gasteiger partial charge on any atom is -0.379 e. The molecule has 0 bridgehead atoms. The molecule has 8 nitrogen and oxygen atoms in total. The molecule has 1 aliphatic heterocycles. The number of morpholine rings is 1.